The van der Waals surface area contributed by atoms with Gasteiger partial charge in [-0.25, -0.2) is 4.79 Å². The molecule has 1 aliphatic heterocycles. The van der Waals surface area contributed by atoms with E-state index in [0.29, 0.717) is 12.1 Å². The number of carbonyl (C=O) groups excluding carboxylic acids is 2. The minimum absolute atomic E-state index is 0.432. The first-order valence-electron chi connectivity index (χ1n) is 6.71. The molecule has 1 aliphatic rings. The molecular weight excluding hydrogens is 280 g/mol. The summed E-state index contributed by atoms with van der Waals surface area (Å²) in [4.78, 5) is 29.3. The summed E-state index contributed by atoms with van der Waals surface area (Å²) in [5.74, 6) is 0. The van der Waals surface area contributed by atoms with Crippen molar-refractivity contribution in [3.05, 3.63) is 59.4 Å². The lowest BCUT2D eigenvalue weighted by Gasteiger charge is -2.22. The number of nitrogens with one attached hydrogen (secondary N) is 1. The number of fused-ring (bicyclic) bond motifs is 1. The minimum atomic E-state index is -0.432. The van der Waals surface area contributed by atoms with Gasteiger partial charge in [-0.1, -0.05) is 24.3 Å². The monoisotopic (exact) mass is 292 g/mol. The summed E-state index contributed by atoms with van der Waals surface area (Å²) in [7, 11) is 0. The molecule has 0 radical (unpaired) electrons. The number of carbonyl (C=O) groups is 1. The van der Waals surface area contributed by atoms with Crippen molar-refractivity contribution in [2.24, 2.45) is 10.1 Å². The van der Waals surface area contributed by atoms with E-state index >= 15 is 0 Å². The van der Waals surface area contributed by atoms with Crippen LogP contribution in [0, 0.1) is 0 Å². The van der Waals surface area contributed by atoms with Gasteiger partial charge in [0.25, 0.3) is 0 Å². The maximum atomic E-state index is 11.1. The summed E-state index contributed by atoms with van der Waals surface area (Å²) < 4.78 is 0. The molecule has 6 nitrogen and oxygen atoms in total. The maximum absolute atomic E-state index is 11.1. The fourth-order valence-corrected chi connectivity index (χ4v) is 2.40. The van der Waals surface area contributed by atoms with Crippen LogP contribution in [-0.2, 0) is 16.0 Å². The Morgan fingerprint density at radius 2 is 2.18 bits per heavy atom. The molecule has 3 rings (SSSR count). The Morgan fingerprint density at radius 3 is 3.00 bits per heavy atom. The van der Waals surface area contributed by atoms with Gasteiger partial charge in [-0.15, -0.1) is 0 Å². The standard InChI is InChI=1S/C16H12N4O2/c21-9-16-14-4-2-1-3-13(14)15(19-20-16)8-12-7-11(18-10-22)5-6-17-12/h1-7,9,16,20H,8H2. The van der Waals surface area contributed by atoms with Crippen LogP contribution in [0.3, 0.4) is 0 Å². The molecule has 1 atom stereocenters. The second kappa shape index (κ2) is 6.11. The molecular formula is C16H12N4O2. The van der Waals surface area contributed by atoms with Crippen molar-refractivity contribution >= 4 is 23.8 Å². The highest BCUT2D eigenvalue weighted by Gasteiger charge is 2.21. The molecule has 22 heavy (non-hydrogen) atoms. The largest absolute Gasteiger partial charge is 0.301 e. The molecule has 0 aliphatic carbocycles. The van der Waals surface area contributed by atoms with Crippen LogP contribution in [0.2, 0.25) is 0 Å². The van der Waals surface area contributed by atoms with Gasteiger partial charge in [-0.3, -0.25) is 10.4 Å². The number of hydrazone groups is 1. The van der Waals surface area contributed by atoms with Crippen LogP contribution >= 0.6 is 0 Å². The van der Waals surface area contributed by atoms with E-state index in [1.807, 2.05) is 24.3 Å². The molecule has 2 heterocycles. The molecule has 1 N–H and O–H groups in total. The molecule has 0 spiro atoms. The van der Waals surface area contributed by atoms with E-state index in [2.05, 4.69) is 20.5 Å². The summed E-state index contributed by atoms with van der Waals surface area (Å²) >= 11 is 0. The number of aliphatic imine (C=N–C) groups is 1. The number of isocyanates is 1. The zero-order valence-corrected chi connectivity index (χ0v) is 11.6. The predicted octanol–water partition coefficient (Wildman–Crippen LogP) is 1.84. The third-order valence-electron chi connectivity index (χ3n) is 3.40. The summed E-state index contributed by atoms with van der Waals surface area (Å²) in [6.45, 7) is 0. The van der Waals surface area contributed by atoms with E-state index in [9.17, 15) is 9.59 Å². The Bertz CT molecular complexity index is 794. The van der Waals surface area contributed by atoms with Crippen molar-refractivity contribution < 1.29 is 9.59 Å². The highest BCUT2D eigenvalue weighted by molar-refractivity contribution is 6.04. The molecule has 1 aromatic heterocycles. The highest BCUT2D eigenvalue weighted by Crippen LogP contribution is 2.23. The Kier molecular flexibility index (Phi) is 3.85. The van der Waals surface area contributed by atoms with Crippen LogP contribution in [0.15, 0.2) is 52.7 Å². The number of rotatable bonds is 4. The summed E-state index contributed by atoms with van der Waals surface area (Å²) in [6.07, 6.45) is 4.40. The van der Waals surface area contributed by atoms with Gasteiger partial charge in [-0.05, 0) is 17.7 Å². The quantitative estimate of drug-likeness (QED) is 0.529. The van der Waals surface area contributed by atoms with Gasteiger partial charge >= 0.3 is 0 Å². The van der Waals surface area contributed by atoms with Crippen molar-refractivity contribution in [3.8, 4) is 0 Å². The second-order valence-corrected chi connectivity index (χ2v) is 4.77. The third kappa shape index (κ3) is 2.68. The van der Waals surface area contributed by atoms with E-state index in [1.54, 1.807) is 18.3 Å². The normalized spacial score (nSPS) is 15.8. The fraction of sp³-hybridized carbons (Fsp3) is 0.125. The van der Waals surface area contributed by atoms with Crippen LogP contribution in [0.1, 0.15) is 22.9 Å². The fourth-order valence-electron chi connectivity index (χ4n) is 2.40. The predicted molar refractivity (Wildman–Crippen MR) is 80.6 cm³/mol. The van der Waals surface area contributed by atoms with E-state index in [0.717, 1.165) is 28.8 Å². The van der Waals surface area contributed by atoms with Crippen LogP contribution in [0.25, 0.3) is 0 Å². The minimum Gasteiger partial charge on any atom is -0.301 e. The van der Waals surface area contributed by atoms with Gasteiger partial charge in [0.2, 0.25) is 6.08 Å². The molecule has 1 aromatic carbocycles. The van der Waals surface area contributed by atoms with Gasteiger partial charge in [0.15, 0.2) is 0 Å². The van der Waals surface area contributed by atoms with Gasteiger partial charge < -0.3 is 4.79 Å². The van der Waals surface area contributed by atoms with E-state index in [4.69, 9.17) is 0 Å². The molecule has 0 bridgehead atoms. The average molecular weight is 292 g/mol. The average Bonchev–Trinajstić information content (AvgIpc) is 2.56. The molecule has 0 amide bonds. The number of pyridine rings is 1. The Morgan fingerprint density at radius 1 is 1.32 bits per heavy atom. The summed E-state index contributed by atoms with van der Waals surface area (Å²) in [6, 6.07) is 10.5. The Labute approximate surface area is 126 Å². The van der Waals surface area contributed by atoms with Crippen molar-refractivity contribution in [1.29, 1.82) is 0 Å². The first kappa shape index (κ1) is 13.9. The lowest BCUT2D eigenvalue weighted by Crippen LogP contribution is -2.28. The SMILES string of the molecule is O=C=Nc1ccnc(CC2=NNC(C=O)c3ccccc32)c1. The topological polar surface area (TPSA) is 83.8 Å². The van der Waals surface area contributed by atoms with Gasteiger partial charge in [0, 0.05) is 23.9 Å². The van der Waals surface area contributed by atoms with Crippen molar-refractivity contribution in [3.63, 3.8) is 0 Å². The lowest BCUT2D eigenvalue weighted by molar-refractivity contribution is -0.109. The number of aldehydes is 1. The maximum Gasteiger partial charge on any atom is 0.240 e. The highest BCUT2D eigenvalue weighted by atomic mass is 16.1. The number of hydrogen-bond donors (Lipinski definition) is 1. The smallest absolute Gasteiger partial charge is 0.240 e. The van der Waals surface area contributed by atoms with E-state index in [-0.39, 0.29) is 0 Å². The third-order valence-corrected chi connectivity index (χ3v) is 3.40. The van der Waals surface area contributed by atoms with Crippen molar-refractivity contribution in [1.82, 2.24) is 10.4 Å². The lowest BCUT2D eigenvalue weighted by atomic mass is 9.94. The Balaban J connectivity index is 1.93. The number of aromatic nitrogens is 1. The number of nitrogens with zero attached hydrogens (tertiary/aromatic N) is 3. The molecule has 0 saturated carbocycles. The van der Waals surface area contributed by atoms with E-state index in [1.165, 1.54) is 6.08 Å². The van der Waals surface area contributed by atoms with Crippen LogP contribution in [-0.4, -0.2) is 23.1 Å². The van der Waals surface area contributed by atoms with Gasteiger partial charge in [0.1, 0.15) is 12.3 Å². The second-order valence-electron chi connectivity index (χ2n) is 4.77. The zero-order chi connectivity index (χ0) is 15.4. The van der Waals surface area contributed by atoms with Crippen LogP contribution < -0.4 is 5.43 Å². The molecule has 108 valence electrons. The summed E-state index contributed by atoms with van der Waals surface area (Å²) in [5.41, 5.74) is 6.68. The zero-order valence-electron chi connectivity index (χ0n) is 11.6. The van der Waals surface area contributed by atoms with Crippen molar-refractivity contribution in [2.45, 2.75) is 12.5 Å². The number of benzene rings is 1. The van der Waals surface area contributed by atoms with E-state index < -0.39 is 6.04 Å². The first-order valence-corrected chi connectivity index (χ1v) is 6.71. The molecule has 1 unspecified atom stereocenters. The van der Waals surface area contributed by atoms with Crippen LogP contribution in [0.4, 0.5) is 5.69 Å². The van der Waals surface area contributed by atoms with Crippen LogP contribution in [0.5, 0.6) is 0 Å². The molecule has 6 heteroatoms. The number of hydrogen-bond acceptors (Lipinski definition) is 6. The van der Waals surface area contributed by atoms with Gasteiger partial charge in [-0.2, -0.15) is 10.1 Å². The van der Waals surface area contributed by atoms with Gasteiger partial charge in [0.05, 0.1) is 11.4 Å². The summed E-state index contributed by atoms with van der Waals surface area (Å²) in [5, 5.41) is 4.28. The first-order chi connectivity index (χ1) is 10.8. The Hall–Kier alpha value is -3.11. The molecule has 0 fully saturated rings. The van der Waals surface area contributed by atoms with Crippen molar-refractivity contribution in [2.75, 3.05) is 0 Å². The molecule has 0 saturated heterocycles. The molecule has 2 aromatic rings.